The summed E-state index contributed by atoms with van der Waals surface area (Å²) in [6.45, 7) is -0.0660. The van der Waals surface area contributed by atoms with Crippen LogP contribution in [0.4, 0.5) is 22.7 Å². The summed E-state index contributed by atoms with van der Waals surface area (Å²) in [5, 5.41) is 5.13. The lowest BCUT2D eigenvalue weighted by molar-refractivity contribution is 0.670. The Hall–Kier alpha value is -6.17. The molecule has 0 radical (unpaired) electrons. The van der Waals surface area contributed by atoms with E-state index in [1.54, 1.807) is 0 Å². The van der Waals surface area contributed by atoms with Crippen LogP contribution >= 0.6 is 11.8 Å². The van der Waals surface area contributed by atoms with Gasteiger partial charge in [0.25, 0.3) is 0 Å². The quantitative estimate of drug-likeness (QED) is 0.168. The van der Waals surface area contributed by atoms with Crippen molar-refractivity contribution in [2.75, 3.05) is 9.71 Å². The summed E-state index contributed by atoms with van der Waals surface area (Å²) in [7, 11) is 0. The fourth-order valence-electron chi connectivity index (χ4n) is 10.0. The Morgan fingerprint density at radius 3 is 2.25 bits per heavy atom. The molecule has 0 aliphatic carbocycles. The summed E-state index contributed by atoms with van der Waals surface area (Å²) in [6, 6.07) is 60.8. The molecule has 5 heterocycles. The molecule has 0 N–H and O–H groups in total. The lowest BCUT2D eigenvalue weighted by atomic mass is 9.43. The van der Waals surface area contributed by atoms with Gasteiger partial charge in [0.1, 0.15) is 11.2 Å². The van der Waals surface area contributed by atoms with E-state index in [4.69, 9.17) is 4.42 Å². The molecule has 3 nitrogen and oxygen atoms in total. The highest BCUT2D eigenvalue weighted by Crippen LogP contribution is 2.65. The van der Waals surface area contributed by atoms with E-state index in [1.807, 2.05) is 11.8 Å². The Kier molecular flexibility index (Phi) is 5.49. The maximum Gasteiger partial charge on any atom is 0.333 e. The van der Waals surface area contributed by atoms with Gasteiger partial charge in [0, 0.05) is 54.9 Å². The molecule has 9 aromatic rings. The normalized spacial score (nSPS) is 17.2. The number of hydrogen-bond donors (Lipinski definition) is 0. The number of nitrogens with zero attached hydrogens (tertiary/aromatic N) is 2. The van der Waals surface area contributed by atoms with Gasteiger partial charge in [0.15, 0.2) is 0 Å². The van der Waals surface area contributed by atoms with E-state index in [1.165, 1.54) is 88.1 Å². The van der Waals surface area contributed by atoms with Gasteiger partial charge in [-0.1, -0.05) is 133 Å². The monoisotopic (exact) mass is 692 g/mol. The highest BCUT2D eigenvalue weighted by atomic mass is 32.2. The fourth-order valence-corrected chi connectivity index (χ4v) is 11.5. The summed E-state index contributed by atoms with van der Waals surface area (Å²) < 4.78 is 6.97. The number of anilines is 4. The van der Waals surface area contributed by atoms with E-state index < -0.39 is 0 Å². The number of rotatable bonds is 2. The zero-order valence-corrected chi connectivity index (χ0v) is 29.3. The van der Waals surface area contributed by atoms with Crippen molar-refractivity contribution >= 4 is 85.0 Å². The summed E-state index contributed by atoms with van der Waals surface area (Å²) >= 11 is 2.03. The van der Waals surface area contributed by atoms with Crippen molar-refractivity contribution in [2.45, 2.75) is 16.2 Å². The number of benzene rings is 8. The Balaban J connectivity index is 1.18. The minimum atomic E-state index is -0.0660. The third kappa shape index (κ3) is 3.63. The summed E-state index contributed by atoms with van der Waals surface area (Å²) in [5.41, 5.74) is 17.4. The van der Waals surface area contributed by atoms with Gasteiger partial charge in [0.05, 0.1) is 11.3 Å². The largest absolute Gasteiger partial charge is 0.455 e. The van der Waals surface area contributed by atoms with Crippen molar-refractivity contribution in [2.24, 2.45) is 0 Å². The SMILES string of the molecule is c1ccc(-c2ccc(N3B4c5cccc6c5N(c5cc7c(oc8ccccc87)c(c54)-c4ccc5ccccc5c43)C3c4ccccc4SC63)cc2)cc1. The van der Waals surface area contributed by atoms with Crippen LogP contribution < -0.4 is 20.6 Å². The van der Waals surface area contributed by atoms with Crippen molar-refractivity contribution in [3.63, 3.8) is 0 Å². The molecule has 246 valence electrons. The second-order valence-corrected chi connectivity index (χ2v) is 15.9. The number of fused-ring (bicyclic) bond motifs is 15. The number of furan rings is 1. The van der Waals surface area contributed by atoms with Crippen LogP contribution in [0.15, 0.2) is 173 Å². The predicted octanol–water partition coefficient (Wildman–Crippen LogP) is 11.7. The molecule has 2 unspecified atom stereocenters. The van der Waals surface area contributed by atoms with Crippen LogP contribution in [0.3, 0.4) is 0 Å². The van der Waals surface area contributed by atoms with Gasteiger partial charge in [-0.05, 0) is 68.9 Å². The van der Waals surface area contributed by atoms with Gasteiger partial charge in [-0.25, -0.2) is 0 Å². The van der Waals surface area contributed by atoms with E-state index >= 15 is 0 Å². The molecule has 8 aromatic carbocycles. The summed E-state index contributed by atoms with van der Waals surface area (Å²) in [6.07, 6.45) is 0. The second kappa shape index (κ2) is 10.2. The molecule has 0 amide bonds. The Labute approximate surface area is 311 Å². The number of thioether (sulfide) groups is 1. The molecule has 0 bridgehead atoms. The molecular weight excluding hydrogens is 663 g/mol. The van der Waals surface area contributed by atoms with Crippen molar-refractivity contribution < 1.29 is 4.42 Å². The van der Waals surface area contributed by atoms with E-state index in [-0.39, 0.29) is 12.9 Å². The van der Waals surface area contributed by atoms with Crippen molar-refractivity contribution in [3.05, 3.63) is 175 Å². The third-order valence-corrected chi connectivity index (χ3v) is 13.5. The number of hydrogen-bond acceptors (Lipinski definition) is 4. The standard InChI is InChI=1S/C48H29BN2OS/c1-2-11-28(12-3-1)29-21-24-31(25-22-29)51-44-32-14-5-4-13-30(32)23-26-35(44)42-43-39(27-37-33-15-6-8-19-40(33)52-47(37)42)50-45-36(17-10-18-38(45)49(43)51)48-46(50)34-16-7-9-20-41(34)53-48/h1-27,46,48H. The van der Waals surface area contributed by atoms with E-state index in [0.29, 0.717) is 5.25 Å². The van der Waals surface area contributed by atoms with Crippen molar-refractivity contribution in [1.82, 2.24) is 0 Å². The molecule has 0 saturated carbocycles. The zero-order valence-electron chi connectivity index (χ0n) is 28.5. The molecule has 2 atom stereocenters. The van der Waals surface area contributed by atoms with Gasteiger partial charge in [-0.3, -0.25) is 0 Å². The molecular formula is C48H29BN2OS. The lowest BCUT2D eigenvalue weighted by Crippen LogP contribution is -2.61. The van der Waals surface area contributed by atoms with Gasteiger partial charge < -0.3 is 14.1 Å². The maximum atomic E-state index is 6.97. The Bertz CT molecular complexity index is 3030. The predicted molar refractivity (Wildman–Crippen MR) is 222 cm³/mol. The molecule has 0 saturated heterocycles. The highest BCUT2D eigenvalue weighted by Gasteiger charge is 2.54. The van der Waals surface area contributed by atoms with Crippen molar-refractivity contribution in [3.8, 4) is 22.3 Å². The molecule has 1 aromatic heterocycles. The van der Waals surface area contributed by atoms with Gasteiger partial charge in [-0.15, -0.1) is 11.8 Å². The van der Waals surface area contributed by atoms with Crippen LogP contribution in [0.2, 0.25) is 0 Å². The van der Waals surface area contributed by atoms with E-state index in [0.717, 1.165) is 16.6 Å². The molecule has 5 heteroatoms. The van der Waals surface area contributed by atoms with Crippen LogP contribution in [0.5, 0.6) is 0 Å². The van der Waals surface area contributed by atoms with Crippen LogP contribution in [-0.2, 0) is 0 Å². The van der Waals surface area contributed by atoms with Gasteiger partial charge >= 0.3 is 6.85 Å². The summed E-state index contributed by atoms with van der Waals surface area (Å²) in [5.74, 6) is 0. The molecule has 0 fully saturated rings. The van der Waals surface area contributed by atoms with Crippen LogP contribution in [0.25, 0.3) is 55.0 Å². The van der Waals surface area contributed by atoms with Gasteiger partial charge in [-0.2, -0.15) is 0 Å². The minimum Gasteiger partial charge on any atom is -0.455 e. The topological polar surface area (TPSA) is 19.6 Å². The van der Waals surface area contributed by atoms with E-state index in [9.17, 15) is 0 Å². The maximum absolute atomic E-state index is 6.97. The first-order valence-corrected chi connectivity index (χ1v) is 19.3. The van der Waals surface area contributed by atoms with Crippen LogP contribution in [0, 0.1) is 0 Å². The number of para-hydroxylation sites is 2. The first kappa shape index (κ1) is 28.4. The van der Waals surface area contributed by atoms with Crippen LogP contribution in [-0.4, -0.2) is 6.85 Å². The zero-order chi connectivity index (χ0) is 34.4. The average molecular weight is 693 g/mol. The van der Waals surface area contributed by atoms with Gasteiger partial charge in [0.2, 0.25) is 0 Å². The molecule has 4 aliphatic rings. The fraction of sp³-hybridized carbons (Fsp3) is 0.0417. The van der Waals surface area contributed by atoms with Crippen LogP contribution in [0.1, 0.15) is 22.4 Å². The molecule has 4 aliphatic heterocycles. The highest BCUT2D eigenvalue weighted by molar-refractivity contribution is 8.00. The minimum absolute atomic E-state index is 0.0660. The van der Waals surface area contributed by atoms with E-state index in [2.05, 4.69) is 174 Å². The Morgan fingerprint density at radius 2 is 1.34 bits per heavy atom. The third-order valence-electron chi connectivity index (χ3n) is 12.1. The first-order valence-electron chi connectivity index (χ1n) is 18.4. The Morgan fingerprint density at radius 1 is 0.585 bits per heavy atom. The second-order valence-electron chi connectivity index (χ2n) is 14.7. The first-order chi connectivity index (χ1) is 26.3. The van der Waals surface area contributed by atoms with Crippen molar-refractivity contribution in [1.29, 1.82) is 0 Å². The summed E-state index contributed by atoms with van der Waals surface area (Å²) in [4.78, 5) is 6.75. The molecule has 53 heavy (non-hydrogen) atoms. The smallest absolute Gasteiger partial charge is 0.333 e. The lowest BCUT2D eigenvalue weighted by Gasteiger charge is -2.46. The average Bonchev–Trinajstić information content (AvgIpc) is 3.89. The molecule has 13 rings (SSSR count). The molecule has 0 spiro atoms.